The van der Waals surface area contributed by atoms with Gasteiger partial charge in [-0.15, -0.1) is 0 Å². The summed E-state index contributed by atoms with van der Waals surface area (Å²) >= 11 is -0.0956. The summed E-state index contributed by atoms with van der Waals surface area (Å²) in [5.41, 5.74) is -2.54. The molecule has 6 heteroatoms. The summed E-state index contributed by atoms with van der Waals surface area (Å²) < 4.78 is 45.4. The Bertz CT molecular complexity index is 812. The van der Waals surface area contributed by atoms with Gasteiger partial charge in [-0.3, -0.25) is 0 Å². The van der Waals surface area contributed by atoms with Crippen molar-refractivity contribution in [3.63, 3.8) is 0 Å². The van der Waals surface area contributed by atoms with Gasteiger partial charge >= 0.3 is 5.51 Å². The van der Waals surface area contributed by atoms with Gasteiger partial charge in [0.25, 0.3) is 0 Å². The minimum Gasteiger partial charge on any atom is -0.497 e. The molecule has 0 fully saturated rings. The molecule has 0 unspecified atom stereocenters. The summed E-state index contributed by atoms with van der Waals surface area (Å²) in [5.74, 6) is 0.541. The number of methoxy groups -OCH3 is 1. The van der Waals surface area contributed by atoms with Crippen molar-refractivity contribution in [2.24, 2.45) is 0 Å². The number of hydrogen-bond acceptors (Lipinski definition) is 2. The van der Waals surface area contributed by atoms with Gasteiger partial charge in [0.1, 0.15) is 5.75 Å². The number of ether oxygens (including phenoxy) is 1. The second-order valence-corrected chi connectivity index (χ2v) is 6.14. The van der Waals surface area contributed by atoms with Crippen molar-refractivity contribution in [1.29, 1.82) is 0 Å². The second-order valence-electron chi connectivity index (χ2n) is 5.04. The Labute approximate surface area is 135 Å². The van der Waals surface area contributed by atoms with E-state index in [1.807, 2.05) is 34.9 Å². The van der Waals surface area contributed by atoms with E-state index in [0.29, 0.717) is 17.7 Å². The molecule has 2 aromatic carbocycles. The third-order valence-electron chi connectivity index (χ3n) is 3.47. The summed E-state index contributed by atoms with van der Waals surface area (Å²) in [5, 5.41) is 0.544. The van der Waals surface area contributed by atoms with Crippen LogP contribution in [0.1, 0.15) is 5.56 Å². The van der Waals surface area contributed by atoms with Crippen LogP contribution in [-0.4, -0.2) is 17.2 Å². The predicted octanol–water partition coefficient (Wildman–Crippen LogP) is 5.31. The Hall–Kier alpha value is -2.08. The molecule has 120 valence electrons. The van der Waals surface area contributed by atoms with Crippen LogP contribution in [0.3, 0.4) is 0 Å². The topological polar surface area (TPSA) is 14.2 Å². The normalized spacial score (nSPS) is 11.8. The highest BCUT2D eigenvalue weighted by atomic mass is 32.2. The van der Waals surface area contributed by atoms with Crippen LogP contribution in [0, 0.1) is 0 Å². The van der Waals surface area contributed by atoms with Crippen molar-refractivity contribution >= 4 is 22.7 Å². The zero-order chi connectivity index (χ0) is 16.4. The Morgan fingerprint density at radius 3 is 2.48 bits per heavy atom. The fraction of sp³-hybridized carbons (Fsp3) is 0.176. The summed E-state index contributed by atoms with van der Waals surface area (Å²) in [6.07, 6.45) is 1.55. The summed E-state index contributed by atoms with van der Waals surface area (Å²) in [7, 11) is 1.50. The Morgan fingerprint density at radius 2 is 1.83 bits per heavy atom. The maximum atomic E-state index is 12.8. The maximum Gasteiger partial charge on any atom is 0.446 e. The molecular weight excluding hydrogens is 323 g/mol. The van der Waals surface area contributed by atoms with Crippen molar-refractivity contribution in [2.75, 3.05) is 7.11 Å². The van der Waals surface area contributed by atoms with Crippen LogP contribution >= 0.6 is 11.8 Å². The molecular formula is C17H14F3NOS. The summed E-state index contributed by atoms with van der Waals surface area (Å²) in [6.45, 7) is 0.516. The van der Waals surface area contributed by atoms with Crippen LogP contribution in [0.25, 0.3) is 10.9 Å². The highest BCUT2D eigenvalue weighted by molar-refractivity contribution is 8.00. The SMILES string of the molecule is COc1ccc2c(c1)c(SC(F)(F)F)cn2Cc1ccccc1. The summed E-state index contributed by atoms with van der Waals surface area (Å²) in [6, 6.07) is 14.8. The Balaban J connectivity index is 2.07. The molecule has 0 aliphatic carbocycles. The van der Waals surface area contributed by atoms with Gasteiger partial charge < -0.3 is 9.30 Å². The van der Waals surface area contributed by atoms with Crippen LogP contribution in [-0.2, 0) is 6.54 Å². The van der Waals surface area contributed by atoms with Crippen LogP contribution in [0.5, 0.6) is 5.75 Å². The largest absolute Gasteiger partial charge is 0.497 e. The van der Waals surface area contributed by atoms with E-state index in [2.05, 4.69) is 0 Å². The molecule has 0 N–H and O–H groups in total. The zero-order valence-corrected chi connectivity index (χ0v) is 13.1. The molecule has 0 aliphatic rings. The Kier molecular flexibility index (Phi) is 4.26. The van der Waals surface area contributed by atoms with Crippen LogP contribution in [0.15, 0.2) is 59.6 Å². The highest BCUT2D eigenvalue weighted by Gasteiger charge is 2.31. The molecule has 0 saturated carbocycles. The van der Waals surface area contributed by atoms with E-state index in [1.54, 1.807) is 24.4 Å². The number of rotatable bonds is 4. The van der Waals surface area contributed by atoms with Crippen molar-refractivity contribution in [3.8, 4) is 5.75 Å². The first-order valence-electron chi connectivity index (χ1n) is 6.93. The molecule has 0 spiro atoms. The van der Waals surface area contributed by atoms with E-state index in [1.165, 1.54) is 7.11 Å². The van der Waals surface area contributed by atoms with E-state index in [0.717, 1.165) is 11.1 Å². The number of benzene rings is 2. The van der Waals surface area contributed by atoms with E-state index in [9.17, 15) is 13.2 Å². The predicted molar refractivity (Wildman–Crippen MR) is 85.9 cm³/mol. The lowest BCUT2D eigenvalue weighted by atomic mass is 10.2. The van der Waals surface area contributed by atoms with E-state index in [-0.39, 0.29) is 16.7 Å². The van der Waals surface area contributed by atoms with Crippen molar-refractivity contribution < 1.29 is 17.9 Å². The average Bonchev–Trinajstić information content (AvgIpc) is 2.83. The van der Waals surface area contributed by atoms with Gasteiger partial charge in [0.15, 0.2) is 0 Å². The van der Waals surface area contributed by atoms with Crippen LogP contribution in [0.2, 0.25) is 0 Å². The molecule has 0 bridgehead atoms. The molecule has 3 aromatic rings. The molecule has 3 rings (SSSR count). The minimum atomic E-state index is -4.32. The molecule has 0 amide bonds. The smallest absolute Gasteiger partial charge is 0.446 e. The molecule has 1 aromatic heterocycles. The number of halogens is 3. The lowest BCUT2D eigenvalue weighted by Crippen LogP contribution is -1.99. The van der Waals surface area contributed by atoms with Gasteiger partial charge in [-0.1, -0.05) is 30.3 Å². The second kappa shape index (κ2) is 6.20. The quantitative estimate of drug-likeness (QED) is 0.599. The maximum absolute atomic E-state index is 12.8. The number of hydrogen-bond donors (Lipinski definition) is 0. The van der Waals surface area contributed by atoms with Crippen molar-refractivity contribution in [3.05, 3.63) is 60.3 Å². The van der Waals surface area contributed by atoms with Gasteiger partial charge in [-0.2, -0.15) is 13.2 Å². The van der Waals surface area contributed by atoms with Gasteiger partial charge in [0.05, 0.1) is 7.11 Å². The summed E-state index contributed by atoms with van der Waals surface area (Å²) in [4.78, 5) is 0.183. The third-order valence-corrected chi connectivity index (χ3v) is 4.25. The monoisotopic (exact) mass is 337 g/mol. The van der Waals surface area contributed by atoms with Crippen molar-refractivity contribution in [1.82, 2.24) is 4.57 Å². The first kappa shape index (κ1) is 15.8. The molecule has 2 nitrogen and oxygen atoms in total. The lowest BCUT2D eigenvalue weighted by molar-refractivity contribution is -0.0327. The van der Waals surface area contributed by atoms with Crippen LogP contribution in [0.4, 0.5) is 13.2 Å². The van der Waals surface area contributed by atoms with Gasteiger partial charge in [-0.25, -0.2) is 0 Å². The molecule has 0 radical (unpaired) electrons. The molecule has 0 saturated heterocycles. The average molecular weight is 337 g/mol. The number of nitrogens with zero attached hydrogens (tertiary/aromatic N) is 1. The fourth-order valence-electron chi connectivity index (χ4n) is 2.49. The molecule has 23 heavy (non-hydrogen) atoms. The minimum absolute atomic E-state index is 0.0956. The third kappa shape index (κ3) is 3.64. The fourth-order valence-corrected chi connectivity index (χ4v) is 3.19. The number of alkyl halides is 3. The van der Waals surface area contributed by atoms with E-state index >= 15 is 0 Å². The number of fused-ring (bicyclic) bond motifs is 1. The van der Waals surface area contributed by atoms with Gasteiger partial charge in [-0.05, 0) is 35.5 Å². The first-order valence-corrected chi connectivity index (χ1v) is 7.74. The van der Waals surface area contributed by atoms with E-state index < -0.39 is 5.51 Å². The lowest BCUT2D eigenvalue weighted by Gasteiger charge is -2.06. The van der Waals surface area contributed by atoms with Gasteiger partial charge in [0, 0.05) is 28.5 Å². The number of aromatic nitrogens is 1. The molecule has 0 aliphatic heterocycles. The van der Waals surface area contributed by atoms with E-state index in [4.69, 9.17) is 4.74 Å². The standard InChI is InChI=1S/C17H14F3NOS/c1-22-13-7-8-15-14(9-13)16(23-17(18,19)20)11-21(15)10-12-5-3-2-4-6-12/h2-9,11H,10H2,1H3. The number of thioether (sulfide) groups is 1. The zero-order valence-electron chi connectivity index (χ0n) is 12.3. The van der Waals surface area contributed by atoms with Gasteiger partial charge in [0.2, 0.25) is 0 Å². The first-order chi connectivity index (χ1) is 11.0. The van der Waals surface area contributed by atoms with Crippen molar-refractivity contribution in [2.45, 2.75) is 16.9 Å². The molecule has 1 heterocycles. The van der Waals surface area contributed by atoms with Crippen LogP contribution < -0.4 is 4.74 Å². The molecule has 0 atom stereocenters. The Morgan fingerprint density at radius 1 is 1.09 bits per heavy atom. The highest BCUT2D eigenvalue weighted by Crippen LogP contribution is 2.42.